The Hall–Kier alpha value is -1.95. The summed E-state index contributed by atoms with van der Waals surface area (Å²) >= 11 is 0. The lowest BCUT2D eigenvalue weighted by atomic mass is 10.1. The molecule has 3 heteroatoms. The molecule has 0 radical (unpaired) electrons. The molecule has 2 rings (SSSR count). The Labute approximate surface area is 108 Å². The number of carbonyl (C=O) groups is 1. The third kappa shape index (κ3) is 3.27. The summed E-state index contributed by atoms with van der Waals surface area (Å²) in [5.74, 6) is 3.08. The molecular weight excluding hydrogens is 226 g/mol. The Morgan fingerprint density at radius 3 is 2.94 bits per heavy atom. The van der Waals surface area contributed by atoms with Gasteiger partial charge in [0.25, 0.3) is 0 Å². The van der Waals surface area contributed by atoms with Gasteiger partial charge in [0.2, 0.25) is 0 Å². The van der Waals surface area contributed by atoms with Crippen LogP contribution in [-0.4, -0.2) is 24.1 Å². The van der Waals surface area contributed by atoms with Crippen molar-refractivity contribution >= 4 is 6.09 Å². The van der Waals surface area contributed by atoms with Crippen LogP contribution in [0.5, 0.6) is 0 Å². The van der Waals surface area contributed by atoms with Crippen molar-refractivity contribution in [2.75, 3.05) is 13.1 Å². The molecule has 1 amide bonds. The highest BCUT2D eigenvalue weighted by atomic mass is 16.6. The molecule has 1 aromatic carbocycles. The predicted molar refractivity (Wildman–Crippen MR) is 69.8 cm³/mol. The topological polar surface area (TPSA) is 29.5 Å². The highest BCUT2D eigenvalue weighted by molar-refractivity contribution is 5.68. The lowest BCUT2D eigenvalue weighted by Gasteiger charge is -2.15. The molecule has 0 N–H and O–H groups in total. The van der Waals surface area contributed by atoms with Crippen LogP contribution in [0.25, 0.3) is 0 Å². The normalized spacial score (nSPS) is 18.4. The van der Waals surface area contributed by atoms with Gasteiger partial charge in [-0.25, -0.2) is 4.79 Å². The fraction of sp³-hybridized carbons (Fsp3) is 0.400. The summed E-state index contributed by atoms with van der Waals surface area (Å²) in [5.41, 5.74) is 1.00. The quantitative estimate of drug-likeness (QED) is 0.764. The number of terminal acetylenes is 1. The minimum absolute atomic E-state index is 0.238. The van der Waals surface area contributed by atoms with Crippen LogP contribution in [0.4, 0.5) is 4.79 Å². The standard InChI is InChI=1S/C15H17NO2/c1-2-6-13-9-10-16(11-13)15(17)18-12-14-7-4-3-5-8-14/h1,3-5,7-8,13H,6,9-12H2. The Bertz CT molecular complexity index is 436. The number of carbonyl (C=O) groups excluding carboxylic acids is 1. The van der Waals surface area contributed by atoms with E-state index >= 15 is 0 Å². The summed E-state index contributed by atoms with van der Waals surface area (Å²) in [4.78, 5) is 13.6. The molecular formula is C15H17NO2. The Balaban J connectivity index is 1.78. The van der Waals surface area contributed by atoms with Crippen molar-refractivity contribution in [2.45, 2.75) is 19.4 Å². The number of hydrogen-bond acceptors (Lipinski definition) is 2. The van der Waals surface area contributed by atoms with Gasteiger partial charge in [0, 0.05) is 19.5 Å². The van der Waals surface area contributed by atoms with Crippen molar-refractivity contribution in [3.05, 3.63) is 35.9 Å². The first kappa shape index (κ1) is 12.5. The molecule has 18 heavy (non-hydrogen) atoms. The molecule has 0 aromatic heterocycles. The summed E-state index contributed by atoms with van der Waals surface area (Å²) in [6, 6.07) is 9.69. The first-order valence-corrected chi connectivity index (χ1v) is 6.18. The van der Waals surface area contributed by atoms with Crippen molar-refractivity contribution < 1.29 is 9.53 Å². The van der Waals surface area contributed by atoms with Gasteiger partial charge in [0.05, 0.1) is 0 Å². The summed E-state index contributed by atoms with van der Waals surface area (Å²) < 4.78 is 5.27. The Morgan fingerprint density at radius 1 is 1.44 bits per heavy atom. The largest absolute Gasteiger partial charge is 0.445 e. The molecule has 1 aliphatic heterocycles. The van der Waals surface area contributed by atoms with Gasteiger partial charge in [-0.3, -0.25) is 0 Å². The zero-order valence-corrected chi connectivity index (χ0v) is 10.3. The maximum Gasteiger partial charge on any atom is 0.410 e. The smallest absolute Gasteiger partial charge is 0.410 e. The number of likely N-dealkylation sites (tertiary alicyclic amines) is 1. The third-order valence-corrected chi connectivity index (χ3v) is 3.16. The maximum absolute atomic E-state index is 11.8. The van der Waals surface area contributed by atoms with Gasteiger partial charge < -0.3 is 9.64 Å². The van der Waals surface area contributed by atoms with Gasteiger partial charge in [-0.1, -0.05) is 30.3 Å². The second kappa shape index (κ2) is 6.11. The van der Waals surface area contributed by atoms with E-state index in [9.17, 15) is 4.79 Å². The van der Waals surface area contributed by atoms with Gasteiger partial charge in [-0.2, -0.15) is 0 Å². The van der Waals surface area contributed by atoms with E-state index in [0.29, 0.717) is 12.5 Å². The molecule has 1 aromatic rings. The maximum atomic E-state index is 11.8. The third-order valence-electron chi connectivity index (χ3n) is 3.16. The lowest BCUT2D eigenvalue weighted by Crippen LogP contribution is -2.29. The molecule has 1 unspecified atom stereocenters. The second-order valence-electron chi connectivity index (χ2n) is 4.55. The zero-order chi connectivity index (χ0) is 12.8. The molecule has 0 aliphatic carbocycles. The predicted octanol–water partition coefficient (Wildman–Crippen LogP) is 2.67. The highest BCUT2D eigenvalue weighted by Gasteiger charge is 2.26. The molecule has 1 fully saturated rings. The highest BCUT2D eigenvalue weighted by Crippen LogP contribution is 2.19. The van der Waals surface area contributed by atoms with E-state index in [0.717, 1.165) is 31.5 Å². The number of benzene rings is 1. The molecule has 0 saturated carbocycles. The number of amides is 1. The minimum atomic E-state index is -0.238. The number of hydrogen-bond donors (Lipinski definition) is 0. The van der Waals surface area contributed by atoms with Crippen molar-refractivity contribution in [3.63, 3.8) is 0 Å². The lowest BCUT2D eigenvalue weighted by molar-refractivity contribution is 0.103. The van der Waals surface area contributed by atoms with Crippen LogP contribution in [0.15, 0.2) is 30.3 Å². The van der Waals surface area contributed by atoms with Crippen LogP contribution < -0.4 is 0 Å². The monoisotopic (exact) mass is 243 g/mol. The molecule has 0 bridgehead atoms. The van der Waals surface area contributed by atoms with E-state index in [-0.39, 0.29) is 6.09 Å². The van der Waals surface area contributed by atoms with Crippen molar-refractivity contribution in [3.8, 4) is 12.3 Å². The fourth-order valence-corrected chi connectivity index (χ4v) is 2.14. The van der Waals surface area contributed by atoms with Gasteiger partial charge in [-0.15, -0.1) is 12.3 Å². The molecule has 3 nitrogen and oxygen atoms in total. The molecule has 1 heterocycles. The van der Waals surface area contributed by atoms with Gasteiger partial charge in [0.1, 0.15) is 6.61 Å². The van der Waals surface area contributed by atoms with Crippen molar-refractivity contribution in [1.29, 1.82) is 0 Å². The Kier molecular flexibility index (Phi) is 4.25. The molecule has 1 saturated heterocycles. The van der Waals surface area contributed by atoms with Gasteiger partial charge in [0.15, 0.2) is 0 Å². The second-order valence-corrected chi connectivity index (χ2v) is 4.55. The molecule has 94 valence electrons. The summed E-state index contributed by atoms with van der Waals surface area (Å²) in [6.07, 6.45) is 6.76. The average molecular weight is 243 g/mol. The molecule has 1 aliphatic rings. The number of ether oxygens (including phenoxy) is 1. The zero-order valence-electron chi connectivity index (χ0n) is 10.3. The van der Waals surface area contributed by atoms with Crippen LogP contribution in [0.3, 0.4) is 0 Å². The van der Waals surface area contributed by atoms with E-state index in [1.54, 1.807) is 4.90 Å². The van der Waals surface area contributed by atoms with E-state index < -0.39 is 0 Å². The van der Waals surface area contributed by atoms with Crippen molar-refractivity contribution in [1.82, 2.24) is 4.90 Å². The van der Waals surface area contributed by atoms with Crippen LogP contribution in [0.2, 0.25) is 0 Å². The Morgan fingerprint density at radius 2 is 2.22 bits per heavy atom. The number of rotatable bonds is 3. The summed E-state index contributed by atoms with van der Waals surface area (Å²) in [5, 5.41) is 0. The van der Waals surface area contributed by atoms with Crippen LogP contribution in [-0.2, 0) is 11.3 Å². The van der Waals surface area contributed by atoms with Gasteiger partial charge >= 0.3 is 6.09 Å². The van der Waals surface area contributed by atoms with E-state index in [4.69, 9.17) is 11.2 Å². The van der Waals surface area contributed by atoms with E-state index in [1.165, 1.54) is 0 Å². The molecule has 1 atom stereocenters. The summed E-state index contributed by atoms with van der Waals surface area (Å²) in [7, 11) is 0. The fourth-order valence-electron chi connectivity index (χ4n) is 2.14. The van der Waals surface area contributed by atoms with Crippen molar-refractivity contribution in [2.24, 2.45) is 5.92 Å². The summed E-state index contributed by atoms with van der Waals surface area (Å²) in [6.45, 7) is 1.80. The van der Waals surface area contributed by atoms with Gasteiger partial charge in [-0.05, 0) is 17.9 Å². The minimum Gasteiger partial charge on any atom is -0.445 e. The SMILES string of the molecule is C#CCC1CCN(C(=O)OCc2ccccc2)C1. The van der Waals surface area contributed by atoms with E-state index in [1.807, 2.05) is 30.3 Å². The van der Waals surface area contributed by atoms with Crippen LogP contribution in [0.1, 0.15) is 18.4 Å². The first-order valence-electron chi connectivity index (χ1n) is 6.18. The molecule has 0 spiro atoms. The van der Waals surface area contributed by atoms with Crippen LogP contribution >= 0.6 is 0 Å². The number of nitrogens with zero attached hydrogens (tertiary/aromatic N) is 1. The van der Waals surface area contributed by atoms with E-state index in [2.05, 4.69) is 5.92 Å². The first-order chi connectivity index (χ1) is 8.79. The van der Waals surface area contributed by atoms with Crippen LogP contribution in [0, 0.1) is 18.3 Å². The average Bonchev–Trinajstić information content (AvgIpc) is 2.86.